The lowest BCUT2D eigenvalue weighted by Crippen LogP contribution is -2.45. The lowest BCUT2D eigenvalue weighted by Gasteiger charge is -2.34. The quantitative estimate of drug-likeness (QED) is 0.839. The van der Waals surface area contributed by atoms with Gasteiger partial charge in [0.1, 0.15) is 5.75 Å². The Morgan fingerprint density at radius 3 is 2.54 bits per heavy atom. The average Bonchev–Trinajstić information content (AvgIpc) is 2.68. The van der Waals surface area contributed by atoms with Crippen LogP contribution < -0.4 is 15.0 Å². The fourth-order valence-electron chi connectivity index (χ4n) is 3.06. The second-order valence-corrected chi connectivity index (χ2v) is 6.34. The van der Waals surface area contributed by atoms with Gasteiger partial charge in [-0.2, -0.15) is 0 Å². The molecule has 1 heterocycles. The molecule has 0 spiro atoms. The molecule has 136 valence electrons. The summed E-state index contributed by atoms with van der Waals surface area (Å²) in [7, 11) is 1.58. The summed E-state index contributed by atoms with van der Waals surface area (Å²) in [5.74, 6) is 0.441. The monoisotopic (exact) mass is 353 g/mol. The van der Waals surface area contributed by atoms with Crippen molar-refractivity contribution < 1.29 is 14.3 Å². The molecule has 0 aromatic heterocycles. The predicted molar refractivity (Wildman–Crippen MR) is 102 cm³/mol. The minimum absolute atomic E-state index is 0.171. The maximum Gasteiger partial charge on any atom is 0.255 e. The van der Waals surface area contributed by atoms with E-state index >= 15 is 0 Å². The molecule has 0 atom stereocenters. The summed E-state index contributed by atoms with van der Waals surface area (Å²) in [4.78, 5) is 27.4. The van der Waals surface area contributed by atoms with Gasteiger partial charge in [-0.05, 0) is 37.3 Å². The zero-order chi connectivity index (χ0) is 18.5. The smallest absolute Gasteiger partial charge is 0.255 e. The SMILES string of the molecule is COc1ccc(N2CCN(C=O)CC2)cc1NC(=O)c1cccc(C)c1. The van der Waals surface area contributed by atoms with Crippen LogP contribution >= 0.6 is 0 Å². The number of nitrogens with zero attached hydrogens (tertiary/aromatic N) is 2. The van der Waals surface area contributed by atoms with E-state index in [0.717, 1.165) is 30.8 Å². The first kappa shape index (κ1) is 17.8. The van der Waals surface area contributed by atoms with Gasteiger partial charge in [0, 0.05) is 37.4 Å². The highest BCUT2D eigenvalue weighted by molar-refractivity contribution is 6.05. The van der Waals surface area contributed by atoms with Crippen LogP contribution in [0.4, 0.5) is 11.4 Å². The molecule has 3 rings (SSSR count). The van der Waals surface area contributed by atoms with E-state index < -0.39 is 0 Å². The number of carbonyl (C=O) groups is 2. The highest BCUT2D eigenvalue weighted by atomic mass is 16.5. The number of methoxy groups -OCH3 is 1. The summed E-state index contributed by atoms with van der Waals surface area (Å²) in [5.41, 5.74) is 3.27. The number of hydrogen-bond donors (Lipinski definition) is 1. The maximum atomic E-state index is 12.6. The zero-order valence-electron chi connectivity index (χ0n) is 15.1. The molecular formula is C20H23N3O3. The van der Waals surface area contributed by atoms with Crippen molar-refractivity contribution in [1.82, 2.24) is 4.90 Å². The van der Waals surface area contributed by atoms with Crippen LogP contribution in [-0.4, -0.2) is 50.5 Å². The fourth-order valence-corrected chi connectivity index (χ4v) is 3.06. The Balaban J connectivity index is 1.79. The van der Waals surface area contributed by atoms with Gasteiger partial charge in [-0.15, -0.1) is 0 Å². The minimum Gasteiger partial charge on any atom is -0.495 e. The molecule has 1 fully saturated rings. The molecule has 0 aliphatic carbocycles. The number of benzene rings is 2. The van der Waals surface area contributed by atoms with Crippen molar-refractivity contribution in [3.8, 4) is 5.75 Å². The third kappa shape index (κ3) is 3.96. The topological polar surface area (TPSA) is 61.9 Å². The van der Waals surface area contributed by atoms with Crippen molar-refractivity contribution in [3.63, 3.8) is 0 Å². The van der Waals surface area contributed by atoms with E-state index in [1.165, 1.54) is 0 Å². The van der Waals surface area contributed by atoms with Crippen molar-refractivity contribution in [1.29, 1.82) is 0 Å². The summed E-state index contributed by atoms with van der Waals surface area (Å²) in [6, 6.07) is 13.2. The Bertz CT molecular complexity index is 799. The lowest BCUT2D eigenvalue weighted by atomic mass is 10.1. The molecule has 1 aliphatic heterocycles. The van der Waals surface area contributed by atoms with E-state index in [-0.39, 0.29) is 5.91 Å². The van der Waals surface area contributed by atoms with Gasteiger partial charge < -0.3 is 19.9 Å². The van der Waals surface area contributed by atoms with Gasteiger partial charge >= 0.3 is 0 Å². The van der Waals surface area contributed by atoms with Gasteiger partial charge in [-0.25, -0.2) is 0 Å². The van der Waals surface area contributed by atoms with E-state index in [1.54, 1.807) is 18.1 Å². The number of nitrogens with one attached hydrogen (secondary N) is 1. The van der Waals surface area contributed by atoms with Crippen LogP contribution in [0.25, 0.3) is 0 Å². The number of amides is 2. The third-order valence-corrected chi connectivity index (χ3v) is 4.54. The fraction of sp³-hybridized carbons (Fsp3) is 0.300. The molecule has 6 nitrogen and oxygen atoms in total. The Kier molecular flexibility index (Phi) is 5.41. The van der Waals surface area contributed by atoms with Crippen molar-refractivity contribution >= 4 is 23.7 Å². The summed E-state index contributed by atoms with van der Waals surface area (Å²) in [5, 5.41) is 2.95. The first-order valence-corrected chi connectivity index (χ1v) is 8.61. The highest BCUT2D eigenvalue weighted by Gasteiger charge is 2.18. The van der Waals surface area contributed by atoms with Crippen LogP contribution in [0, 0.1) is 6.92 Å². The summed E-state index contributed by atoms with van der Waals surface area (Å²) in [6.45, 7) is 4.87. The van der Waals surface area contributed by atoms with Gasteiger partial charge in [0.25, 0.3) is 5.91 Å². The maximum absolute atomic E-state index is 12.6. The van der Waals surface area contributed by atoms with Gasteiger partial charge in [0.15, 0.2) is 0 Å². The molecule has 0 saturated carbocycles. The number of piperazine rings is 1. The molecule has 2 amide bonds. The molecule has 1 N–H and O–H groups in total. The van der Waals surface area contributed by atoms with Crippen LogP contribution in [0.2, 0.25) is 0 Å². The Morgan fingerprint density at radius 1 is 1.12 bits per heavy atom. The second-order valence-electron chi connectivity index (χ2n) is 6.34. The van der Waals surface area contributed by atoms with E-state index in [2.05, 4.69) is 10.2 Å². The van der Waals surface area contributed by atoms with E-state index in [9.17, 15) is 9.59 Å². The largest absolute Gasteiger partial charge is 0.495 e. The Morgan fingerprint density at radius 2 is 1.88 bits per heavy atom. The Hall–Kier alpha value is -3.02. The zero-order valence-corrected chi connectivity index (χ0v) is 15.1. The van der Waals surface area contributed by atoms with E-state index in [1.807, 2.05) is 43.3 Å². The predicted octanol–water partition coefficient (Wildman–Crippen LogP) is 2.53. The van der Waals surface area contributed by atoms with Crippen molar-refractivity contribution in [3.05, 3.63) is 53.6 Å². The van der Waals surface area contributed by atoms with Crippen LogP contribution in [0.5, 0.6) is 5.75 Å². The average molecular weight is 353 g/mol. The normalized spacial score (nSPS) is 14.1. The van der Waals surface area contributed by atoms with Crippen LogP contribution in [0.1, 0.15) is 15.9 Å². The van der Waals surface area contributed by atoms with Crippen molar-refractivity contribution in [2.75, 3.05) is 43.5 Å². The summed E-state index contributed by atoms with van der Waals surface area (Å²) < 4.78 is 5.39. The number of aryl methyl sites for hydroxylation is 1. The standard InChI is InChI=1S/C20H23N3O3/c1-15-4-3-5-16(12-15)20(25)21-18-13-17(6-7-19(18)26-2)23-10-8-22(14-24)9-11-23/h3-7,12-14H,8-11H2,1-2H3,(H,21,25). The van der Waals surface area contributed by atoms with Crippen LogP contribution in [0.3, 0.4) is 0 Å². The molecule has 1 aliphatic rings. The molecule has 26 heavy (non-hydrogen) atoms. The first-order chi connectivity index (χ1) is 12.6. The van der Waals surface area contributed by atoms with Gasteiger partial charge in [-0.1, -0.05) is 17.7 Å². The number of rotatable bonds is 5. The summed E-state index contributed by atoms with van der Waals surface area (Å²) >= 11 is 0. The number of anilines is 2. The van der Waals surface area contributed by atoms with Crippen molar-refractivity contribution in [2.45, 2.75) is 6.92 Å². The van der Waals surface area contributed by atoms with Crippen molar-refractivity contribution in [2.24, 2.45) is 0 Å². The van der Waals surface area contributed by atoms with Gasteiger partial charge in [0.05, 0.1) is 12.8 Å². The lowest BCUT2D eigenvalue weighted by molar-refractivity contribution is -0.118. The first-order valence-electron chi connectivity index (χ1n) is 8.61. The molecule has 1 saturated heterocycles. The van der Waals surface area contributed by atoms with E-state index in [4.69, 9.17) is 4.74 Å². The molecule has 6 heteroatoms. The highest BCUT2D eigenvalue weighted by Crippen LogP contribution is 2.30. The van der Waals surface area contributed by atoms with Gasteiger partial charge in [-0.3, -0.25) is 9.59 Å². The van der Waals surface area contributed by atoms with Crippen LogP contribution in [-0.2, 0) is 4.79 Å². The molecular weight excluding hydrogens is 330 g/mol. The number of ether oxygens (including phenoxy) is 1. The molecule has 0 radical (unpaired) electrons. The molecule has 2 aromatic rings. The third-order valence-electron chi connectivity index (χ3n) is 4.54. The molecule has 0 unspecified atom stereocenters. The molecule has 0 bridgehead atoms. The minimum atomic E-state index is -0.171. The van der Waals surface area contributed by atoms with Gasteiger partial charge in [0.2, 0.25) is 6.41 Å². The number of carbonyl (C=O) groups excluding carboxylic acids is 2. The summed E-state index contributed by atoms with van der Waals surface area (Å²) in [6.07, 6.45) is 0.888. The molecule has 2 aromatic carbocycles. The van der Waals surface area contributed by atoms with E-state index in [0.29, 0.717) is 30.1 Å². The second kappa shape index (κ2) is 7.91. The Labute approximate surface area is 153 Å². The van der Waals surface area contributed by atoms with Crippen LogP contribution in [0.15, 0.2) is 42.5 Å². The number of hydrogen-bond acceptors (Lipinski definition) is 4.